The molecule has 0 N–H and O–H groups in total. The van der Waals surface area contributed by atoms with Crippen LogP contribution < -0.4 is 0 Å². The van der Waals surface area contributed by atoms with Gasteiger partial charge in [-0.05, 0) is 0 Å². The standard InChI is InChI=1S/C25H47P.BrH/c1-5-7-9-11-12-13-14-19-23-26(3,4,22-18-10-8-6-2)24-25-20-16-15-17-21-25;/h15-17,20-21H,5-14,18-19,22-24H2,1-4H3;1H. The van der Waals surface area contributed by atoms with Crippen molar-refractivity contribution in [2.75, 3.05) is 25.7 Å². The zero-order valence-corrected chi connectivity index (χ0v) is 21.5. The molecule has 0 fully saturated rings. The quantitative estimate of drug-likeness (QED) is 0.171. The zero-order chi connectivity index (χ0) is 19.2. The number of unbranched alkanes of at least 4 members (excludes halogenated alkanes) is 10. The molecule has 0 radical (unpaired) electrons. The summed E-state index contributed by atoms with van der Waals surface area (Å²) < 4.78 is 0. The number of halogens is 1. The number of benzene rings is 1. The van der Waals surface area contributed by atoms with Crippen molar-refractivity contribution < 1.29 is 0 Å². The molecule has 27 heavy (non-hydrogen) atoms. The van der Waals surface area contributed by atoms with Gasteiger partial charge in [-0.15, -0.1) is 17.0 Å². The van der Waals surface area contributed by atoms with E-state index in [0.717, 1.165) is 0 Å². The van der Waals surface area contributed by atoms with Crippen LogP contribution in [0.15, 0.2) is 30.3 Å². The van der Waals surface area contributed by atoms with E-state index in [0.29, 0.717) is 0 Å². The maximum absolute atomic E-state index is 2.70. The van der Waals surface area contributed by atoms with E-state index in [4.69, 9.17) is 0 Å². The molecule has 0 atom stereocenters. The van der Waals surface area contributed by atoms with E-state index in [-0.39, 0.29) is 17.0 Å². The molecule has 160 valence electrons. The van der Waals surface area contributed by atoms with Crippen LogP contribution in [0, 0.1) is 0 Å². The molecule has 0 aliphatic rings. The topological polar surface area (TPSA) is 0 Å². The molecule has 1 rings (SSSR count). The van der Waals surface area contributed by atoms with Crippen molar-refractivity contribution in [2.24, 2.45) is 0 Å². The van der Waals surface area contributed by atoms with E-state index < -0.39 is 6.60 Å². The zero-order valence-electron chi connectivity index (χ0n) is 18.8. The van der Waals surface area contributed by atoms with Gasteiger partial charge in [0.05, 0.1) is 0 Å². The van der Waals surface area contributed by atoms with Gasteiger partial charge in [0.15, 0.2) is 0 Å². The Morgan fingerprint density at radius 1 is 0.593 bits per heavy atom. The first-order valence-corrected chi connectivity index (χ1v) is 15.2. The predicted molar refractivity (Wildman–Crippen MR) is 136 cm³/mol. The van der Waals surface area contributed by atoms with Crippen LogP contribution in [-0.4, -0.2) is 25.7 Å². The fourth-order valence-electron chi connectivity index (χ4n) is 4.34. The van der Waals surface area contributed by atoms with Gasteiger partial charge in [0.25, 0.3) is 0 Å². The maximum atomic E-state index is 2.70. The first-order valence-electron chi connectivity index (χ1n) is 11.5. The normalized spacial score (nSPS) is 13.0. The molecule has 0 aromatic heterocycles. The Morgan fingerprint density at radius 3 is 1.48 bits per heavy atom. The molecule has 0 spiro atoms. The van der Waals surface area contributed by atoms with Crippen LogP contribution in [-0.2, 0) is 6.16 Å². The average Bonchev–Trinajstić information content (AvgIpc) is 2.62. The molecule has 1 aromatic rings. The number of rotatable bonds is 16. The van der Waals surface area contributed by atoms with Crippen LogP contribution in [0.1, 0.15) is 96.5 Å². The monoisotopic (exact) mass is 458 g/mol. The molecule has 2 heteroatoms. The Balaban J connectivity index is 0.00000676. The molecule has 0 nitrogen and oxygen atoms in total. The van der Waals surface area contributed by atoms with Crippen LogP contribution >= 0.6 is 23.6 Å². The fraction of sp³-hybridized carbons (Fsp3) is 0.760. The van der Waals surface area contributed by atoms with Crippen molar-refractivity contribution in [3.05, 3.63) is 35.9 Å². The molecule has 0 amide bonds. The molecular weight excluding hydrogens is 411 g/mol. The first-order chi connectivity index (χ1) is 12.5. The van der Waals surface area contributed by atoms with Crippen molar-refractivity contribution in [3.8, 4) is 0 Å². The SMILES string of the molecule is Br.CCCCCCCCCCP(C)(C)(CCCCCC)Cc1ccccc1. The minimum atomic E-state index is -1.61. The summed E-state index contributed by atoms with van der Waals surface area (Å²) in [5.41, 5.74) is 1.57. The molecule has 0 saturated carbocycles. The number of hydrogen-bond donors (Lipinski definition) is 0. The van der Waals surface area contributed by atoms with E-state index >= 15 is 0 Å². The van der Waals surface area contributed by atoms with Crippen LogP contribution in [0.4, 0.5) is 0 Å². The van der Waals surface area contributed by atoms with Crippen molar-refractivity contribution in [3.63, 3.8) is 0 Å². The third kappa shape index (κ3) is 13.1. The van der Waals surface area contributed by atoms with Gasteiger partial charge in [-0.1, -0.05) is 0 Å². The summed E-state index contributed by atoms with van der Waals surface area (Å²) in [5, 5.41) is 0. The summed E-state index contributed by atoms with van der Waals surface area (Å²) in [6, 6.07) is 11.3. The second-order valence-corrected chi connectivity index (χ2v) is 16.9. The van der Waals surface area contributed by atoms with E-state index in [1.54, 1.807) is 5.56 Å². The summed E-state index contributed by atoms with van der Waals surface area (Å²) in [4.78, 5) is 0. The molecule has 0 bridgehead atoms. The molecule has 0 aliphatic heterocycles. The Kier molecular flexibility index (Phi) is 15.1. The molecular formula is C25H48BrP. The summed E-state index contributed by atoms with van der Waals surface area (Å²) in [6.07, 6.45) is 21.5. The number of hydrogen-bond acceptors (Lipinski definition) is 0. The van der Waals surface area contributed by atoms with Crippen molar-refractivity contribution in [2.45, 2.75) is 97.1 Å². The van der Waals surface area contributed by atoms with Crippen LogP contribution in [0.2, 0.25) is 0 Å². The Labute approximate surface area is 182 Å². The van der Waals surface area contributed by atoms with Crippen LogP contribution in [0.5, 0.6) is 0 Å². The summed E-state index contributed by atoms with van der Waals surface area (Å²) in [6.45, 7) is 8.42. The van der Waals surface area contributed by atoms with Crippen molar-refractivity contribution in [1.29, 1.82) is 0 Å². The van der Waals surface area contributed by atoms with Gasteiger partial charge in [0, 0.05) is 0 Å². The molecule has 0 heterocycles. The summed E-state index contributed by atoms with van der Waals surface area (Å²) in [5.74, 6) is 0. The van der Waals surface area contributed by atoms with Gasteiger partial charge in [0.2, 0.25) is 0 Å². The Bertz CT molecular complexity index is 455. The minimum absolute atomic E-state index is 0. The van der Waals surface area contributed by atoms with Gasteiger partial charge in [-0.25, -0.2) is 0 Å². The van der Waals surface area contributed by atoms with Gasteiger partial charge in [-0.3, -0.25) is 0 Å². The van der Waals surface area contributed by atoms with Crippen LogP contribution in [0.3, 0.4) is 0 Å². The van der Waals surface area contributed by atoms with E-state index in [1.807, 2.05) is 0 Å². The second-order valence-electron chi connectivity index (χ2n) is 9.64. The fourth-order valence-corrected chi connectivity index (χ4v) is 8.94. The van der Waals surface area contributed by atoms with Crippen molar-refractivity contribution in [1.82, 2.24) is 0 Å². The molecule has 0 saturated heterocycles. The molecule has 1 aromatic carbocycles. The van der Waals surface area contributed by atoms with E-state index in [2.05, 4.69) is 57.5 Å². The van der Waals surface area contributed by atoms with E-state index in [1.165, 1.54) is 95.5 Å². The van der Waals surface area contributed by atoms with Crippen LogP contribution in [0.25, 0.3) is 0 Å². The van der Waals surface area contributed by atoms with E-state index in [9.17, 15) is 0 Å². The first kappa shape index (κ1) is 27.1. The molecule has 0 aliphatic carbocycles. The Morgan fingerprint density at radius 2 is 1.00 bits per heavy atom. The third-order valence-electron chi connectivity index (χ3n) is 6.12. The van der Waals surface area contributed by atoms with Gasteiger partial charge in [0.1, 0.15) is 0 Å². The average molecular weight is 460 g/mol. The predicted octanol–water partition coefficient (Wildman–Crippen LogP) is 9.30. The van der Waals surface area contributed by atoms with Gasteiger partial charge in [-0.2, -0.15) is 0 Å². The van der Waals surface area contributed by atoms with Gasteiger partial charge < -0.3 is 0 Å². The van der Waals surface area contributed by atoms with Gasteiger partial charge >= 0.3 is 165 Å². The second kappa shape index (κ2) is 15.0. The van der Waals surface area contributed by atoms with Crippen molar-refractivity contribution >= 4 is 23.6 Å². The Hall–Kier alpha value is 0.130. The molecule has 0 unspecified atom stereocenters. The summed E-state index contributed by atoms with van der Waals surface area (Å²) >= 11 is 0. The third-order valence-corrected chi connectivity index (χ3v) is 11.2. The summed E-state index contributed by atoms with van der Waals surface area (Å²) in [7, 11) is 0.